The number of ketones is 1. The largest absolute Gasteiger partial charge is 0.314 e. The number of allylic oxidation sites excluding steroid dienone is 6. The van der Waals surface area contributed by atoms with E-state index in [0.29, 0.717) is 0 Å². The zero-order chi connectivity index (χ0) is 13.5. The van der Waals surface area contributed by atoms with E-state index < -0.39 is 0 Å². The summed E-state index contributed by atoms with van der Waals surface area (Å²) in [4.78, 5) is 14.5. The third-order valence-corrected chi connectivity index (χ3v) is 2.70. The summed E-state index contributed by atoms with van der Waals surface area (Å²) < 4.78 is 0. The third-order valence-electron chi connectivity index (χ3n) is 2.70. The lowest BCUT2D eigenvalue weighted by Gasteiger charge is -1.96. The molecule has 3 heteroatoms. The summed E-state index contributed by atoms with van der Waals surface area (Å²) in [6.45, 7) is 0. The number of quaternary nitrogens is 2. The van der Waals surface area contributed by atoms with Gasteiger partial charge >= 0.3 is 0 Å². The maximum atomic E-state index is 12.0. The Balaban J connectivity index is 2.67. The van der Waals surface area contributed by atoms with Crippen molar-refractivity contribution in [2.75, 3.05) is 28.2 Å². The molecule has 2 N–H and O–H groups in total. The topological polar surface area (TPSA) is 26.0 Å². The number of carbonyl (C=O) groups excluding carboxylic acids is 1. The highest BCUT2D eigenvalue weighted by Gasteiger charge is 2.21. The molecule has 0 aromatic carbocycles. The first kappa shape index (κ1) is 14.6. The minimum absolute atomic E-state index is 0.201. The average molecular weight is 248 g/mol. The van der Waals surface area contributed by atoms with Gasteiger partial charge in [0.25, 0.3) is 0 Å². The molecule has 0 aromatic rings. The van der Waals surface area contributed by atoms with E-state index in [0.717, 1.165) is 24.0 Å². The van der Waals surface area contributed by atoms with Crippen molar-refractivity contribution in [3.05, 3.63) is 47.9 Å². The Morgan fingerprint density at radius 1 is 0.833 bits per heavy atom. The van der Waals surface area contributed by atoms with Crippen molar-refractivity contribution >= 4 is 5.78 Å². The first-order valence-corrected chi connectivity index (χ1v) is 6.40. The predicted octanol–water partition coefficient (Wildman–Crippen LogP) is -0.481. The molecule has 18 heavy (non-hydrogen) atoms. The van der Waals surface area contributed by atoms with E-state index in [1.54, 1.807) is 0 Å². The van der Waals surface area contributed by atoms with E-state index in [4.69, 9.17) is 0 Å². The van der Waals surface area contributed by atoms with Crippen LogP contribution in [0.4, 0.5) is 0 Å². The van der Waals surface area contributed by atoms with Crippen molar-refractivity contribution < 1.29 is 14.6 Å². The Morgan fingerprint density at radius 3 is 1.56 bits per heavy atom. The van der Waals surface area contributed by atoms with Crippen LogP contribution in [-0.4, -0.2) is 34.0 Å². The van der Waals surface area contributed by atoms with Gasteiger partial charge in [0.15, 0.2) is 5.78 Å². The van der Waals surface area contributed by atoms with E-state index in [-0.39, 0.29) is 5.78 Å². The van der Waals surface area contributed by atoms with Crippen LogP contribution in [0.2, 0.25) is 0 Å². The Hall–Kier alpha value is -1.45. The Kier molecular flexibility index (Phi) is 5.75. The minimum Gasteiger partial charge on any atom is -0.314 e. The monoisotopic (exact) mass is 248 g/mol. The highest BCUT2D eigenvalue weighted by atomic mass is 16.1. The van der Waals surface area contributed by atoms with Gasteiger partial charge in [-0.3, -0.25) is 4.79 Å². The molecule has 1 rings (SSSR count). The summed E-state index contributed by atoms with van der Waals surface area (Å²) >= 11 is 0. The van der Waals surface area contributed by atoms with Crippen LogP contribution in [0.3, 0.4) is 0 Å². The van der Waals surface area contributed by atoms with Crippen LogP contribution in [0.1, 0.15) is 12.8 Å². The number of hydrogen-bond donors (Lipinski definition) is 2. The van der Waals surface area contributed by atoms with Gasteiger partial charge in [-0.1, -0.05) is 0 Å². The molecule has 0 radical (unpaired) electrons. The van der Waals surface area contributed by atoms with Gasteiger partial charge in [0.05, 0.1) is 40.6 Å². The van der Waals surface area contributed by atoms with Crippen LogP contribution >= 0.6 is 0 Å². The van der Waals surface area contributed by atoms with Crippen molar-refractivity contribution in [3.8, 4) is 0 Å². The van der Waals surface area contributed by atoms with Crippen LogP contribution in [0.25, 0.3) is 0 Å². The number of hydrogen-bond acceptors (Lipinski definition) is 1. The fourth-order valence-corrected chi connectivity index (χ4v) is 1.73. The fourth-order valence-electron chi connectivity index (χ4n) is 1.73. The number of nitrogens with one attached hydrogen (secondary N) is 2. The van der Waals surface area contributed by atoms with E-state index in [1.807, 2.05) is 64.9 Å². The highest BCUT2D eigenvalue weighted by molar-refractivity contribution is 6.10. The molecule has 0 aliphatic heterocycles. The quantitative estimate of drug-likeness (QED) is 0.646. The molecule has 3 nitrogen and oxygen atoms in total. The second-order valence-corrected chi connectivity index (χ2v) is 5.09. The fraction of sp³-hybridized carbons (Fsp3) is 0.400. The van der Waals surface area contributed by atoms with Gasteiger partial charge in [0.2, 0.25) is 0 Å². The molecular formula is C15H24N2O+2. The van der Waals surface area contributed by atoms with Gasteiger partial charge in [-0.15, -0.1) is 0 Å². The first-order valence-electron chi connectivity index (χ1n) is 6.40. The summed E-state index contributed by atoms with van der Waals surface area (Å²) in [5.41, 5.74) is 1.84. The molecule has 0 atom stereocenters. The molecule has 0 saturated heterocycles. The zero-order valence-corrected chi connectivity index (χ0v) is 11.8. The Bertz CT molecular complexity index is 374. The molecule has 0 aromatic heterocycles. The SMILES string of the molecule is C[NH+](C)C=CC=C1CCC(=CC=C[NH+](C)C)C1=O. The maximum Gasteiger partial charge on any atom is 0.185 e. The summed E-state index contributed by atoms with van der Waals surface area (Å²) in [5, 5.41) is 0. The van der Waals surface area contributed by atoms with Crippen LogP contribution in [0, 0.1) is 0 Å². The third kappa shape index (κ3) is 4.82. The van der Waals surface area contributed by atoms with E-state index in [9.17, 15) is 4.79 Å². The molecule has 0 unspecified atom stereocenters. The van der Waals surface area contributed by atoms with Crippen molar-refractivity contribution in [3.63, 3.8) is 0 Å². The number of rotatable bonds is 4. The number of Topliss-reactive ketones (excluding diaryl/α,β-unsaturated/α-hetero) is 1. The molecule has 98 valence electrons. The molecule has 1 fully saturated rings. The van der Waals surface area contributed by atoms with Gasteiger partial charge in [-0.2, -0.15) is 0 Å². The molecule has 0 amide bonds. The molecule has 0 spiro atoms. The van der Waals surface area contributed by atoms with Crippen molar-refractivity contribution in [2.45, 2.75) is 12.8 Å². The second kappa shape index (κ2) is 7.09. The highest BCUT2D eigenvalue weighted by Crippen LogP contribution is 2.25. The van der Waals surface area contributed by atoms with Crippen molar-refractivity contribution in [1.29, 1.82) is 0 Å². The molecule has 1 aliphatic rings. The van der Waals surface area contributed by atoms with Crippen LogP contribution in [0.5, 0.6) is 0 Å². The van der Waals surface area contributed by atoms with E-state index in [2.05, 4.69) is 0 Å². The Morgan fingerprint density at radius 2 is 1.22 bits per heavy atom. The van der Waals surface area contributed by atoms with E-state index >= 15 is 0 Å². The molecule has 0 bridgehead atoms. The Labute approximate surface area is 110 Å². The van der Waals surface area contributed by atoms with Gasteiger partial charge in [0.1, 0.15) is 0 Å². The smallest absolute Gasteiger partial charge is 0.185 e. The summed E-state index contributed by atoms with van der Waals surface area (Å²) in [5.74, 6) is 0.201. The molecular weight excluding hydrogens is 224 g/mol. The van der Waals surface area contributed by atoms with Crippen molar-refractivity contribution in [2.24, 2.45) is 0 Å². The van der Waals surface area contributed by atoms with Gasteiger partial charge in [-0.25, -0.2) is 0 Å². The summed E-state index contributed by atoms with van der Waals surface area (Å²) in [6, 6.07) is 0. The summed E-state index contributed by atoms with van der Waals surface area (Å²) in [6.07, 6.45) is 13.6. The summed E-state index contributed by atoms with van der Waals surface area (Å²) in [7, 11) is 8.19. The molecule has 1 saturated carbocycles. The van der Waals surface area contributed by atoms with Gasteiger partial charge in [-0.05, 0) is 37.1 Å². The van der Waals surface area contributed by atoms with Gasteiger partial charge in [0, 0.05) is 11.1 Å². The normalized spacial score (nSPS) is 21.8. The first-order chi connectivity index (χ1) is 8.50. The van der Waals surface area contributed by atoms with E-state index in [1.165, 1.54) is 9.80 Å². The zero-order valence-electron chi connectivity index (χ0n) is 11.8. The lowest BCUT2D eigenvalue weighted by molar-refractivity contribution is -0.801. The lowest BCUT2D eigenvalue weighted by atomic mass is 10.1. The minimum atomic E-state index is 0.201. The van der Waals surface area contributed by atoms with Crippen LogP contribution in [0.15, 0.2) is 47.9 Å². The second-order valence-electron chi connectivity index (χ2n) is 5.09. The van der Waals surface area contributed by atoms with Crippen LogP contribution in [-0.2, 0) is 4.79 Å². The van der Waals surface area contributed by atoms with Crippen molar-refractivity contribution in [1.82, 2.24) is 0 Å². The maximum absolute atomic E-state index is 12.0. The van der Waals surface area contributed by atoms with Gasteiger partial charge < -0.3 is 9.80 Å². The van der Waals surface area contributed by atoms with Crippen LogP contribution < -0.4 is 9.80 Å². The molecule has 0 heterocycles. The predicted molar refractivity (Wildman–Crippen MR) is 74.3 cm³/mol. The standard InChI is InChI=1S/C15H22N2O/c1-16(2)11-5-7-13-9-10-14(15(13)18)8-6-12-17(3)4/h5-8,11-12H,9-10H2,1-4H3/p+2. The average Bonchev–Trinajstić information content (AvgIpc) is 2.60. The lowest BCUT2D eigenvalue weighted by Crippen LogP contribution is -3.00. The molecule has 1 aliphatic carbocycles. The number of carbonyl (C=O) groups is 1.